The van der Waals surface area contributed by atoms with Gasteiger partial charge < -0.3 is 10.4 Å². The van der Waals surface area contributed by atoms with Crippen molar-refractivity contribution in [3.63, 3.8) is 0 Å². The molecule has 0 aliphatic carbocycles. The molecule has 0 saturated heterocycles. The van der Waals surface area contributed by atoms with Gasteiger partial charge in [-0.25, -0.2) is 4.57 Å². The summed E-state index contributed by atoms with van der Waals surface area (Å²) in [6, 6.07) is 0. The van der Waals surface area contributed by atoms with Gasteiger partial charge in [-0.3, -0.25) is 0 Å². The summed E-state index contributed by atoms with van der Waals surface area (Å²) in [5.74, 6) is 0. The molecule has 0 fully saturated rings. The van der Waals surface area contributed by atoms with Crippen LogP contribution >= 0.6 is 8.69 Å². The SMILES string of the molecule is O.O=PO.[GaH3]. The summed E-state index contributed by atoms with van der Waals surface area (Å²) < 4.78 is 8.46. The molecule has 3 N–H and O–H groups in total. The van der Waals surface area contributed by atoms with Crippen LogP contribution in [0.1, 0.15) is 0 Å². The van der Waals surface area contributed by atoms with Crippen molar-refractivity contribution in [2.45, 2.75) is 0 Å². The Labute approximate surface area is 44.0 Å². The van der Waals surface area contributed by atoms with Gasteiger partial charge in [-0.2, -0.15) is 0 Å². The van der Waals surface area contributed by atoms with E-state index in [1.54, 1.807) is 0 Å². The van der Waals surface area contributed by atoms with E-state index in [-0.39, 0.29) is 25.3 Å². The van der Waals surface area contributed by atoms with Gasteiger partial charge in [-0.15, -0.1) is 0 Å². The average molecular weight is 155 g/mol. The first-order valence-corrected chi connectivity index (χ1v) is 1.15. The molecule has 0 aromatic heterocycles. The second-order valence-corrected chi connectivity index (χ2v) is 0.245. The predicted octanol–water partition coefficient (Wildman–Crippen LogP) is -1.82. The van der Waals surface area contributed by atoms with Crippen LogP contribution in [0.3, 0.4) is 0 Å². The van der Waals surface area contributed by atoms with Gasteiger partial charge in [-0.05, 0) is 0 Å². The van der Waals surface area contributed by atoms with Gasteiger partial charge in [0.05, 0.1) is 0 Å². The van der Waals surface area contributed by atoms with Crippen LogP contribution in [0.25, 0.3) is 0 Å². The van der Waals surface area contributed by atoms with Crippen molar-refractivity contribution < 1.29 is 14.9 Å². The van der Waals surface area contributed by atoms with Crippen LogP contribution in [-0.4, -0.2) is 30.2 Å². The first kappa shape index (κ1) is 17.4. The van der Waals surface area contributed by atoms with E-state index in [0.29, 0.717) is 0 Å². The molecular weight excluding hydrogens is 149 g/mol. The van der Waals surface area contributed by atoms with Crippen molar-refractivity contribution in [1.82, 2.24) is 0 Å². The van der Waals surface area contributed by atoms with E-state index < -0.39 is 8.69 Å². The minimum atomic E-state index is -0.833. The fraction of sp³-hybridized carbons (Fsp3) is 0. The van der Waals surface area contributed by atoms with Crippen LogP contribution < -0.4 is 0 Å². The van der Waals surface area contributed by atoms with E-state index in [0.717, 1.165) is 0 Å². The van der Waals surface area contributed by atoms with Gasteiger partial charge in [0.1, 0.15) is 0 Å². The van der Waals surface area contributed by atoms with Crippen LogP contribution in [0.4, 0.5) is 0 Å². The summed E-state index contributed by atoms with van der Waals surface area (Å²) in [5.41, 5.74) is 0. The molecule has 0 aromatic rings. The molecule has 0 unspecified atom stereocenters. The average Bonchev–Trinajstić information content (AvgIpc) is 0.918. The van der Waals surface area contributed by atoms with Gasteiger partial charge in [-0.1, -0.05) is 0 Å². The topological polar surface area (TPSA) is 68.8 Å². The van der Waals surface area contributed by atoms with Crippen molar-refractivity contribution in [2.24, 2.45) is 0 Å². The summed E-state index contributed by atoms with van der Waals surface area (Å²) in [7, 11) is -0.833. The first-order valence-electron chi connectivity index (χ1n) is 0.383. The molecule has 0 bridgehead atoms. The first-order chi connectivity index (χ1) is 1.41. The molecule has 0 aliphatic heterocycles. The monoisotopic (exact) mass is 154 g/mol. The zero-order valence-electron chi connectivity index (χ0n) is 1.80. The Balaban J connectivity index is -0.0000000200. The molecule has 0 aromatic carbocycles. The molecule has 5 heavy (non-hydrogen) atoms. The van der Waals surface area contributed by atoms with E-state index in [1.165, 1.54) is 0 Å². The molecule has 0 atom stereocenters. The van der Waals surface area contributed by atoms with Crippen LogP contribution in [0, 0.1) is 0 Å². The summed E-state index contributed by atoms with van der Waals surface area (Å²) in [6.07, 6.45) is 0. The molecule has 0 saturated carbocycles. The van der Waals surface area contributed by atoms with Gasteiger partial charge in [0, 0.05) is 0 Å². The Morgan fingerprint density at radius 1 is 1.60 bits per heavy atom. The van der Waals surface area contributed by atoms with Crippen molar-refractivity contribution >= 4 is 28.5 Å². The predicted molar refractivity (Wildman–Crippen MR) is 23.4 cm³/mol. The third kappa shape index (κ3) is 76.3. The van der Waals surface area contributed by atoms with Gasteiger partial charge in [0.2, 0.25) is 0 Å². The summed E-state index contributed by atoms with van der Waals surface area (Å²) in [6.45, 7) is 0. The van der Waals surface area contributed by atoms with E-state index >= 15 is 0 Å². The van der Waals surface area contributed by atoms with E-state index in [1.807, 2.05) is 0 Å². The number of rotatable bonds is 0. The van der Waals surface area contributed by atoms with E-state index in [9.17, 15) is 0 Å². The Morgan fingerprint density at radius 3 is 1.60 bits per heavy atom. The second kappa shape index (κ2) is 22.7. The fourth-order valence-corrected chi connectivity index (χ4v) is 0. The molecular formula is H6GaO3P. The van der Waals surface area contributed by atoms with Crippen LogP contribution in [0.2, 0.25) is 0 Å². The molecule has 0 spiro atoms. The fourth-order valence-electron chi connectivity index (χ4n) is 0. The van der Waals surface area contributed by atoms with Crippen molar-refractivity contribution in [2.75, 3.05) is 0 Å². The normalized spacial score (nSPS) is 4.20. The Morgan fingerprint density at radius 2 is 1.60 bits per heavy atom. The van der Waals surface area contributed by atoms with E-state index in [4.69, 9.17) is 9.46 Å². The second-order valence-electron chi connectivity index (χ2n) is 0.0816. The minimum absolute atomic E-state index is 0. The third-order valence-electron chi connectivity index (χ3n) is 0. The quantitative estimate of drug-likeness (QED) is 0.330. The number of hydrogen-bond acceptors (Lipinski definition) is 1. The van der Waals surface area contributed by atoms with Gasteiger partial charge in [0.25, 0.3) is 0 Å². The van der Waals surface area contributed by atoms with E-state index in [2.05, 4.69) is 0 Å². The maximum atomic E-state index is 8.46. The molecule has 0 aliphatic rings. The molecule has 3 nitrogen and oxygen atoms in total. The molecule has 0 amide bonds. The van der Waals surface area contributed by atoms with Crippen LogP contribution in [-0.2, 0) is 4.57 Å². The third-order valence-corrected chi connectivity index (χ3v) is 0. The summed E-state index contributed by atoms with van der Waals surface area (Å²) in [5, 5.41) is 0. The Kier molecular flexibility index (Phi) is 78.9. The van der Waals surface area contributed by atoms with Crippen LogP contribution in [0.15, 0.2) is 0 Å². The van der Waals surface area contributed by atoms with Gasteiger partial charge >= 0.3 is 28.5 Å². The maximum absolute atomic E-state index is 8.46. The summed E-state index contributed by atoms with van der Waals surface area (Å²) in [4.78, 5) is 6.99. The molecule has 0 heterocycles. The zero-order valence-corrected chi connectivity index (χ0v) is 2.70. The van der Waals surface area contributed by atoms with Gasteiger partial charge in [0.15, 0.2) is 0 Å². The van der Waals surface area contributed by atoms with Crippen molar-refractivity contribution in [3.05, 3.63) is 0 Å². The molecule has 32 valence electrons. The molecule has 0 rings (SSSR count). The Hall–Kier alpha value is 0.656. The molecule has 0 radical (unpaired) electrons. The molecule has 5 heteroatoms. The number of hydrogen-bond donors (Lipinski definition) is 1. The van der Waals surface area contributed by atoms with Crippen molar-refractivity contribution in [3.8, 4) is 0 Å². The zero-order chi connectivity index (χ0) is 2.71. The van der Waals surface area contributed by atoms with Crippen LogP contribution in [0.5, 0.6) is 0 Å². The van der Waals surface area contributed by atoms with Crippen molar-refractivity contribution in [1.29, 1.82) is 0 Å². The summed E-state index contributed by atoms with van der Waals surface area (Å²) >= 11 is 0. The Bertz CT molecular complexity index is 14.4. The standard InChI is InChI=1S/Ga.HO2P.H2O.3H/c;1-3-2;;;;/h;(H,1,2);1H2;;;.